The molecule has 0 heterocycles. The summed E-state index contributed by atoms with van der Waals surface area (Å²) < 4.78 is 86.9. The highest BCUT2D eigenvalue weighted by molar-refractivity contribution is 7.87. The van der Waals surface area contributed by atoms with Crippen molar-refractivity contribution in [2.24, 2.45) is 0 Å². The molecular weight excluding hydrogens is 558 g/mol. The first kappa shape index (κ1) is 29.2. The Morgan fingerprint density at radius 3 is 1.10 bits per heavy atom. The Morgan fingerprint density at radius 2 is 0.825 bits per heavy atom. The fourth-order valence-corrected chi connectivity index (χ4v) is 6.46. The zero-order valence-corrected chi connectivity index (χ0v) is 23.5. The van der Waals surface area contributed by atoms with Gasteiger partial charge in [0.15, 0.2) is 0 Å². The number of halogens is 2. The third kappa shape index (κ3) is 6.86. The molecule has 0 saturated carbocycles. The van der Waals surface area contributed by atoms with E-state index in [0.717, 1.165) is 72.5 Å². The minimum atomic E-state index is -4.11. The van der Waals surface area contributed by atoms with Crippen LogP contribution in [0, 0.1) is 11.6 Å². The number of benzene rings is 4. The molecule has 4 rings (SSSR count). The van der Waals surface area contributed by atoms with Crippen molar-refractivity contribution >= 4 is 20.2 Å². The molecule has 0 unspecified atom stereocenters. The molecule has 0 aliphatic carbocycles. The largest absolute Gasteiger partial charge is 0.379 e. The Labute approximate surface area is 233 Å². The molecule has 4 aromatic carbocycles. The van der Waals surface area contributed by atoms with Crippen LogP contribution in [-0.4, -0.2) is 16.8 Å². The van der Waals surface area contributed by atoms with E-state index in [-0.39, 0.29) is 33.1 Å². The second-order valence-electron chi connectivity index (χ2n) is 9.15. The van der Waals surface area contributed by atoms with Crippen molar-refractivity contribution in [2.45, 2.75) is 48.3 Å². The number of hydrogen-bond acceptors (Lipinski definition) is 6. The van der Waals surface area contributed by atoms with Crippen molar-refractivity contribution in [1.29, 1.82) is 0 Å². The van der Waals surface area contributed by atoms with Gasteiger partial charge >= 0.3 is 20.2 Å². The molecule has 0 bridgehead atoms. The van der Waals surface area contributed by atoms with E-state index in [1.807, 2.05) is 24.3 Å². The molecule has 0 aliphatic heterocycles. The molecule has 0 radical (unpaired) electrons. The topological polar surface area (TPSA) is 86.7 Å². The Morgan fingerprint density at radius 1 is 0.525 bits per heavy atom. The van der Waals surface area contributed by atoms with Crippen LogP contribution in [-0.2, 0) is 20.2 Å². The summed E-state index contributed by atoms with van der Waals surface area (Å²) in [7, 11) is -8.22. The van der Waals surface area contributed by atoms with Gasteiger partial charge in [0.05, 0.1) is 0 Å². The fraction of sp³-hybridized carbons (Fsp3) is 0.200. The van der Waals surface area contributed by atoms with E-state index in [9.17, 15) is 25.6 Å². The van der Waals surface area contributed by atoms with Crippen LogP contribution in [0.4, 0.5) is 8.78 Å². The van der Waals surface area contributed by atoms with Crippen molar-refractivity contribution in [3.8, 4) is 11.5 Å². The second kappa shape index (κ2) is 12.2. The molecule has 2 atom stereocenters. The average Bonchev–Trinajstić information content (AvgIpc) is 2.93. The van der Waals surface area contributed by atoms with Crippen LogP contribution in [0.1, 0.15) is 49.7 Å². The predicted octanol–water partition coefficient (Wildman–Crippen LogP) is 7.19. The lowest BCUT2D eigenvalue weighted by atomic mass is 9.78. The molecule has 0 fully saturated rings. The summed E-state index contributed by atoms with van der Waals surface area (Å²) in [6.45, 7) is 4.12. The summed E-state index contributed by atoms with van der Waals surface area (Å²) in [5.41, 5.74) is 1.97. The first-order valence-electron chi connectivity index (χ1n) is 12.6. The van der Waals surface area contributed by atoms with Gasteiger partial charge in [-0.15, -0.1) is 0 Å². The van der Waals surface area contributed by atoms with E-state index in [1.54, 1.807) is 24.3 Å². The van der Waals surface area contributed by atoms with Crippen molar-refractivity contribution in [3.05, 3.63) is 120 Å². The average molecular weight is 587 g/mol. The number of hydrogen-bond donors (Lipinski definition) is 0. The van der Waals surface area contributed by atoms with Gasteiger partial charge in [0, 0.05) is 0 Å². The highest BCUT2D eigenvalue weighted by Crippen LogP contribution is 2.39. The Bertz CT molecular complexity index is 1510. The molecule has 6 nitrogen and oxygen atoms in total. The van der Waals surface area contributed by atoms with Gasteiger partial charge < -0.3 is 8.37 Å². The van der Waals surface area contributed by atoms with E-state index in [0.29, 0.717) is 0 Å². The van der Waals surface area contributed by atoms with Crippen LogP contribution in [0.25, 0.3) is 0 Å². The van der Waals surface area contributed by atoms with Gasteiger partial charge in [0.2, 0.25) is 0 Å². The summed E-state index contributed by atoms with van der Waals surface area (Å²) in [6.07, 6.45) is 1.59. The maximum Gasteiger partial charge on any atom is 0.339 e. The van der Waals surface area contributed by atoms with Crippen LogP contribution >= 0.6 is 0 Å². The Hall–Kier alpha value is -3.76. The first-order valence-corrected chi connectivity index (χ1v) is 15.4. The van der Waals surface area contributed by atoms with Crippen molar-refractivity contribution in [1.82, 2.24) is 0 Å². The lowest BCUT2D eigenvalue weighted by molar-refractivity contribution is 0.481. The molecule has 0 spiro atoms. The minimum absolute atomic E-state index is 0.0856. The van der Waals surface area contributed by atoms with Crippen LogP contribution in [0.3, 0.4) is 0 Å². The Kier molecular flexibility index (Phi) is 8.90. The molecule has 0 aliphatic rings. The third-order valence-corrected chi connectivity index (χ3v) is 9.12. The van der Waals surface area contributed by atoms with Gasteiger partial charge in [-0.25, -0.2) is 8.78 Å². The monoisotopic (exact) mass is 586 g/mol. The smallest absolute Gasteiger partial charge is 0.339 e. The molecule has 0 amide bonds. The third-order valence-electron chi connectivity index (χ3n) is 6.60. The van der Waals surface area contributed by atoms with Crippen LogP contribution in [0.5, 0.6) is 11.5 Å². The summed E-state index contributed by atoms with van der Waals surface area (Å²) >= 11 is 0. The molecule has 0 saturated heterocycles. The minimum Gasteiger partial charge on any atom is -0.379 e. The van der Waals surface area contributed by atoms with Crippen molar-refractivity contribution in [2.75, 3.05) is 0 Å². The van der Waals surface area contributed by atoms with Crippen molar-refractivity contribution in [3.63, 3.8) is 0 Å². The van der Waals surface area contributed by atoms with Crippen molar-refractivity contribution < 1.29 is 34.0 Å². The molecule has 4 aromatic rings. The summed E-state index contributed by atoms with van der Waals surface area (Å²) in [5.74, 6) is -0.641. The van der Waals surface area contributed by atoms with Gasteiger partial charge in [-0.1, -0.05) is 38.1 Å². The molecule has 210 valence electrons. The molecule has 0 N–H and O–H groups in total. The zero-order chi connectivity index (χ0) is 28.9. The maximum atomic E-state index is 13.2. The highest BCUT2D eigenvalue weighted by atomic mass is 32.2. The summed E-state index contributed by atoms with van der Waals surface area (Å²) in [5, 5.41) is 0. The summed E-state index contributed by atoms with van der Waals surface area (Å²) in [6, 6.07) is 22.4. The van der Waals surface area contributed by atoms with E-state index >= 15 is 0 Å². The SMILES string of the molecule is CC[C@@H](c1ccc(OS(=O)(=O)c2ccc(F)cc2)cc1)[C@@H](CC)c1ccc(OS(=O)(=O)c2ccc(F)cc2)cc1. The van der Waals surface area contributed by atoms with Gasteiger partial charge in [-0.3, -0.25) is 0 Å². The molecule has 10 heteroatoms. The van der Waals surface area contributed by atoms with Gasteiger partial charge in [-0.05, 0) is 109 Å². The predicted molar refractivity (Wildman–Crippen MR) is 147 cm³/mol. The highest BCUT2D eigenvalue weighted by Gasteiger charge is 2.24. The fourth-order valence-electron chi connectivity index (χ4n) is 4.60. The maximum absolute atomic E-state index is 13.2. The second-order valence-corrected chi connectivity index (χ2v) is 12.2. The standard InChI is InChI=1S/C30H28F2O6S2/c1-3-29(21-5-13-25(14-6-21)37-39(33,34)27-17-9-23(31)10-18-27)30(4-2)22-7-15-26(16-8-22)38-40(35,36)28-19-11-24(32)12-20-28/h5-20,29-30H,3-4H2,1-2H3/t29-,30-/m0/s1. The zero-order valence-electron chi connectivity index (χ0n) is 21.8. The Balaban J connectivity index is 1.48. The van der Waals surface area contributed by atoms with Crippen LogP contribution in [0.2, 0.25) is 0 Å². The summed E-state index contributed by atoms with van der Waals surface area (Å²) in [4.78, 5) is -0.290. The van der Waals surface area contributed by atoms with Gasteiger partial charge in [-0.2, -0.15) is 16.8 Å². The normalized spacial score (nSPS) is 13.4. The number of rotatable bonds is 11. The lowest BCUT2D eigenvalue weighted by Crippen LogP contribution is -2.12. The first-order chi connectivity index (χ1) is 19.0. The van der Waals surface area contributed by atoms with Gasteiger partial charge in [0.25, 0.3) is 0 Å². The molecule has 0 aromatic heterocycles. The molecule has 40 heavy (non-hydrogen) atoms. The quantitative estimate of drug-likeness (QED) is 0.173. The van der Waals surface area contributed by atoms with E-state index in [1.165, 1.54) is 0 Å². The molecular formula is C30H28F2O6S2. The lowest BCUT2D eigenvalue weighted by Gasteiger charge is -2.26. The van der Waals surface area contributed by atoms with Crippen LogP contribution in [0.15, 0.2) is 107 Å². The van der Waals surface area contributed by atoms with E-state index in [2.05, 4.69) is 13.8 Å². The van der Waals surface area contributed by atoms with E-state index in [4.69, 9.17) is 8.37 Å². The van der Waals surface area contributed by atoms with E-state index < -0.39 is 31.9 Å². The van der Waals surface area contributed by atoms with Crippen LogP contribution < -0.4 is 8.37 Å². The van der Waals surface area contributed by atoms with Gasteiger partial charge in [0.1, 0.15) is 32.9 Å².